The zero-order valence-corrected chi connectivity index (χ0v) is 21.8. The number of benzene rings is 2. The van der Waals surface area contributed by atoms with Gasteiger partial charge in [-0.1, -0.05) is 12.1 Å². The van der Waals surface area contributed by atoms with E-state index in [9.17, 15) is 18.8 Å². The van der Waals surface area contributed by atoms with E-state index in [4.69, 9.17) is 0 Å². The number of fused-ring (bicyclic) bond motifs is 3. The standard InChI is InChI=1S/C30H31F2N5O2/c1-19-33-28-10-7-23(32)15-29(28)37(19)26-16-24-8-9-25(17-26)36(24)13-11-27(20-4-2-6-22(31)14-20)34-30(38)21-5-3-12-35(39)18-21/h2-7,10,12,14-15,18,24-27H,8-9,11,13,16-17H2,1H3,(H,34,38)/t24-,25+,26?,27-/m0/s1. The van der Waals surface area contributed by atoms with E-state index in [2.05, 4.69) is 19.8 Å². The Kier molecular flexibility index (Phi) is 6.76. The molecule has 1 unspecified atom stereocenters. The van der Waals surface area contributed by atoms with Crippen LogP contribution in [0.3, 0.4) is 0 Å². The molecule has 4 aromatic rings. The van der Waals surface area contributed by atoms with Gasteiger partial charge in [0.1, 0.15) is 23.0 Å². The first-order valence-electron chi connectivity index (χ1n) is 13.5. The Morgan fingerprint density at radius 3 is 2.59 bits per heavy atom. The number of carbonyl (C=O) groups is 1. The number of imidazole rings is 1. The number of pyridine rings is 1. The third-order valence-electron chi connectivity index (χ3n) is 8.32. The van der Waals surface area contributed by atoms with Crippen LogP contribution in [0.5, 0.6) is 0 Å². The molecular weight excluding hydrogens is 500 g/mol. The van der Waals surface area contributed by atoms with E-state index in [0.29, 0.717) is 28.8 Å². The molecule has 7 nitrogen and oxygen atoms in total. The van der Waals surface area contributed by atoms with E-state index in [-0.39, 0.29) is 29.1 Å². The smallest absolute Gasteiger partial charge is 0.257 e. The van der Waals surface area contributed by atoms with Crippen LogP contribution >= 0.6 is 0 Å². The first-order valence-corrected chi connectivity index (χ1v) is 13.5. The van der Waals surface area contributed by atoms with Crippen LogP contribution in [0.2, 0.25) is 0 Å². The van der Waals surface area contributed by atoms with Crippen LogP contribution in [0.4, 0.5) is 8.78 Å². The molecule has 1 amide bonds. The van der Waals surface area contributed by atoms with Gasteiger partial charge in [0.15, 0.2) is 12.4 Å². The maximum absolute atomic E-state index is 14.1. The Labute approximate surface area is 225 Å². The lowest BCUT2D eigenvalue weighted by Crippen LogP contribution is -2.45. The average molecular weight is 532 g/mol. The molecular formula is C30H31F2N5O2. The highest BCUT2D eigenvalue weighted by atomic mass is 19.1. The third-order valence-corrected chi connectivity index (χ3v) is 8.32. The molecule has 2 aliphatic rings. The number of halogens is 2. The molecule has 4 heterocycles. The Morgan fingerprint density at radius 2 is 1.85 bits per heavy atom. The van der Waals surface area contributed by atoms with Crippen LogP contribution in [0.1, 0.15) is 65.9 Å². The molecule has 6 rings (SSSR count). The predicted octanol–water partition coefficient (Wildman–Crippen LogP) is 4.99. The molecule has 2 aromatic heterocycles. The number of aryl methyl sites for hydroxylation is 1. The number of piperidine rings is 1. The lowest BCUT2D eigenvalue weighted by Gasteiger charge is -2.40. The Bertz CT molecular complexity index is 1510. The highest BCUT2D eigenvalue weighted by Gasteiger charge is 2.42. The predicted molar refractivity (Wildman–Crippen MR) is 143 cm³/mol. The summed E-state index contributed by atoms with van der Waals surface area (Å²) >= 11 is 0. The van der Waals surface area contributed by atoms with Crippen LogP contribution in [0.15, 0.2) is 67.0 Å². The second kappa shape index (κ2) is 10.4. The summed E-state index contributed by atoms with van der Waals surface area (Å²) in [6, 6.07) is 14.8. The molecule has 0 radical (unpaired) electrons. The summed E-state index contributed by atoms with van der Waals surface area (Å²) in [4.78, 5) is 20.2. The number of hydrogen-bond donors (Lipinski definition) is 1. The van der Waals surface area contributed by atoms with Crippen molar-refractivity contribution in [2.24, 2.45) is 0 Å². The molecule has 2 bridgehead atoms. The van der Waals surface area contributed by atoms with Gasteiger partial charge in [-0.15, -0.1) is 0 Å². The number of rotatable bonds is 7. The minimum atomic E-state index is -0.409. The van der Waals surface area contributed by atoms with Gasteiger partial charge in [-0.3, -0.25) is 9.69 Å². The molecule has 39 heavy (non-hydrogen) atoms. The second-order valence-electron chi connectivity index (χ2n) is 10.7. The molecule has 0 saturated carbocycles. The quantitative estimate of drug-likeness (QED) is 0.269. The molecule has 4 atom stereocenters. The fourth-order valence-corrected chi connectivity index (χ4v) is 6.62. The topological polar surface area (TPSA) is 77.1 Å². The number of aromatic nitrogens is 3. The van der Waals surface area contributed by atoms with Gasteiger partial charge < -0.3 is 15.1 Å². The number of nitrogens with one attached hydrogen (secondary N) is 1. The SMILES string of the molecule is Cc1nc2ccc(F)cc2n1C1C[C@H]2CC[C@@H](C1)N2CC[C@H](NC(=O)c1ccc[n+]([O-])c1)c1cccc(F)c1. The average Bonchev–Trinajstić information content (AvgIpc) is 3.36. The molecule has 2 saturated heterocycles. The Balaban J connectivity index is 1.19. The molecule has 2 fully saturated rings. The van der Waals surface area contributed by atoms with Crippen molar-refractivity contribution in [1.82, 2.24) is 19.8 Å². The minimum absolute atomic E-state index is 0.251. The van der Waals surface area contributed by atoms with E-state index in [1.54, 1.807) is 24.3 Å². The van der Waals surface area contributed by atoms with Crippen LogP contribution < -0.4 is 10.0 Å². The fourth-order valence-electron chi connectivity index (χ4n) is 6.62. The van der Waals surface area contributed by atoms with Crippen molar-refractivity contribution in [3.63, 3.8) is 0 Å². The number of carbonyl (C=O) groups excluding carboxylic acids is 1. The van der Waals surface area contributed by atoms with Crippen LogP contribution in [-0.4, -0.2) is 39.0 Å². The molecule has 0 aliphatic carbocycles. The molecule has 2 aliphatic heterocycles. The van der Waals surface area contributed by atoms with Crippen molar-refractivity contribution >= 4 is 16.9 Å². The van der Waals surface area contributed by atoms with Crippen LogP contribution in [-0.2, 0) is 0 Å². The Hall–Kier alpha value is -3.85. The zero-order valence-electron chi connectivity index (χ0n) is 21.8. The fraction of sp³-hybridized carbons (Fsp3) is 0.367. The number of amides is 1. The summed E-state index contributed by atoms with van der Waals surface area (Å²) in [5.41, 5.74) is 2.62. The molecule has 202 valence electrons. The van der Waals surface area contributed by atoms with Crippen molar-refractivity contribution in [1.29, 1.82) is 0 Å². The van der Waals surface area contributed by atoms with E-state index in [1.807, 2.05) is 13.0 Å². The molecule has 9 heteroatoms. The Morgan fingerprint density at radius 1 is 1.08 bits per heavy atom. The van der Waals surface area contributed by atoms with Gasteiger partial charge in [0.05, 0.1) is 17.1 Å². The first-order chi connectivity index (χ1) is 18.9. The van der Waals surface area contributed by atoms with E-state index in [1.165, 1.54) is 36.7 Å². The maximum atomic E-state index is 14.1. The van der Waals surface area contributed by atoms with Crippen molar-refractivity contribution < 1.29 is 18.3 Å². The summed E-state index contributed by atoms with van der Waals surface area (Å²) < 4.78 is 31.0. The van der Waals surface area contributed by atoms with E-state index in [0.717, 1.165) is 49.1 Å². The summed E-state index contributed by atoms with van der Waals surface area (Å²) in [5.74, 6) is -0.0762. The van der Waals surface area contributed by atoms with Crippen LogP contribution in [0.25, 0.3) is 11.0 Å². The van der Waals surface area contributed by atoms with Crippen molar-refractivity contribution in [2.45, 2.75) is 63.2 Å². The monoisotopic (exact) mass is 531 g/mol. The summed E-state index contributed by atoms with van der Waals surface area (Å²) in [7, 11) is 0. The third kappa shape index (κ3) is 5.11. The van der Waals surface area contributed by atoms with Crippen molar-refractivity contribution in [2.75, 3.05) is 6.54 Å². The highest BCUT2D eigenvalue weighted by Crippen LogP contribution is 2.42. The van der Waals surface area contributed by atoms with Crippen LogP contribution in [0, 0.1) is 23.8 Å². The lowest BCUT2D eigenvalue weighted by atomic mass is 9.95. The minimum Gasteiger partial charge on any atom is -0.619 e. The van der Waals surface area contributed by atoms with Gasteiger partial charge in [0.25, 0.3) is 5.91 Å². The molecule has 1 N–H and O–H groups in total. The second-order valence-corrected chi connectivity index (χ2v) is 10.7. The lowest BCUT2D eigenvalue weighted by molar-refractivity contribution is -0.605. The van der Waals surface area contributed by atoms with E-state index < -0.39 is 6.04 Å². The summed E-state index contributed by atoms with van der Waals surface area (Å²) in [5, 5.41) is 14.7. The van der Waals surface area contributed by atoms with E-state index >= 15 is 0 Å². The summed E-state index contributed by atoms with van der Waals surface area (Å²) in [6.45, 7) is 2.73. The van der Waals surface area contributed by atoms with Gasteiger partial charge in [0, 0.05) is 30.7 Å². The number of hydrogen-bond acceptors (Lipinski definition) is 4. The first kappa shape index (κ1) is 25.4. The summed E-state index contributed by atoms with van der Waals surface area (Å²) in [6.07, 6.45) is 7.24. The van der Waals surface area contributed by atoms with Crippen molar-refractivity contribution in [3.05, 3.63) is 101 Å². The molecule has 2 aromatic carbocycles. The van der Waals surface area contributed by atoms with Gasteiger partial charge >= 0.3 is 0 Å². The van der Waals surface area contributed by atoms with Gasteiger partial charge in [0.2, 0.25) is 0 Å². The highest BCUT2D eigenvalue weighted by molar-refractivity contribution is 5.93. The van der Waals surface area contributed by atoms with Gasteiger partial charge in [-0.25, -0.2) is 13.8 Å². The zero-order chi connectivity index (χ0) is 27.1. The maximum Gasteiger partial charge on any atom is 0.257 e. The van der Waals surface area contributed by atoms with Gasteiger partial charge in [-0.2, -0.15) is 4.73 Å². The van der Waals surface area contributed by atoms with Gasteiger partial charge in [-0.05, 0) is 81.0 Å². The largest absolute Gasteiger partial charge is 0.619 e. The normalized spacial score (nSPS) is 21.8. The molecule has 0 spiro atoms. The van der Waals surface area contributed by atoms with Crippen molar-refractivity contribution in [3.8, 4) is 0 Å². The number of nitrogens with zero attached hydrogens (tertiary/aromatic N) is 4.